The van der Waals surface area contributed by atoms with Crippen LogP contribution in [0.3, 0.4) is 0 Å². The van der Waals surface area contributed by atoms with Crippen LogP contribution in [0.4, 0.5) is 0 Å². The van der Waals surface area contributed by atoms with E-state index in [1.807, 2.05) is 6.07 Å². The van der Waals surface area contributed by atoms with Crippen molar-refractivity contribution in [3.8, 4) is 0 Å². The lowest BCUT2D eigenvalue weighted by Gasteiger charge is -1.88. The fourth-order valence-corrected chi connectivity index (χ4v) is 2.03. The molecular weight excluding hydrogens is 204 g/mol. The van der Waals surface area contributed by atoms with Crippen molar-refractivity contribution >= 4 is 33.1 Å². The average molecular weight is 210 g/mol. The number of nitrogens with one attached hydrogen (secondary N) is 1. The Morgan fingerprint density at radius 3 is 3.12 bits per heavy atom. The van der Waals surface area contributed by atoms with E-state index in [1.165, 1.54) is 6.33 Å². The minimum atomic E-state index is 0.606. The van der Waals surface area contributed by atoms with E-state index in [0.717, 1.165) is 27.4 Å². The molecule has 0 aliphatic heterocycles. The fraction of sp³-hybridized carbons (Fsp3) is 0. The molecule has 4 aromatic heterocycles. The summed E-state index contributed by atoms with van der Waals surface area (Å²) in [6.07, 6.45) is 6.79. The second-order valence-electron chi connectivity index (χ2n) is 3.59. The number of aromatic nitrogens is 4. The normalized spacial score (nSPS) is 11.8. The molecule has 4 heterocycles. The number of nitrogens with zero attached hydrogens (tertiary/aromatic N) is 3. The first kappa shape index (κ1) is 7.81. The first-order valence-electron chi connectivity index (χ1n) is 4.87. The highest BCUT2D eigenvalue weighted by Gasteiger charge is 2.13. The van der Waals surface area contributed by atoms with Crippen LogP contribution >= 0.6 is 0 Å². The van der Waals surface area contributed by atoms with Gasteiger partial charge in [0.05, 0.1) is 22.5 Å². The Morgan fingerprint density at radius 1 is 1.12 bits per heavy atom. The van der Waals surface area contributed by atoms with Gasteiger partial charge in [-0.25, -0.2) is 9.97 Å². The van der Waals surface area contributed by atoms with Gasteiger partial charge in [0, 0.05) is 17.8 Å². The van der Waals surface area contributed by atoms with Gasteiger partial charge < -0.3 is 9.40 Å². The first-order valence-corrected chi connectivity index (χ1v) is 4.87. The van der Waals surface area contributed by atoms with E-state index >= 15 is 0 Å². The summed E-state index contributed by atoms with van der Waals surface area (Å²) in [5.74, 6) is 0. The molecule has 4 aromatic rings. The largest absolute Gasteiger partial charge is 0.421 e. The van der Waals surface area contributed by atoms with Gasteiger partial charge in [0.25, 0.3) is 0 Å². The number of pyridine rings is 1. The number of fused-ring (bicyclic) bond motifs is 5. The fourth-order valence-electron chi connectivity index (χ4n) is 2.03. The van der Waals surface area contributed by atoms with Gasteiger partial charge >= 0.3 is 0 Å². The van der Waals surface area contributed by atoms with Crippen LogP contribution in [0.2, 0.25) is 0 Å². The Bertz CT molecular complexity index is 749. The maximum absolute atomic E-state index is 5.60. The highest BCUT2D eigenvalue weighted by atomic mass is 16.3. The van der Waals surface area contributed by atoms with E-state index in [9.17, 15) is 0 Å². The van der Waals surface area contributed by atoms with Crippen molar-refractivity contribution in [2.45, 2.75) is 0 Å². The molecule has 0 amide bonds. The molecule has 0 radical (unpaired) electrons. The molecule has 0 atom stereocenters. The van der Waals surface area contributed by atoms with Crippen molar-refractivity contribution in [3.05, 3.63) is 31.0 Å². The monoisotopic (exact) mass is 210 g/mol. The molecule has 5 heteroatoms. The molecule has 0 fully saturated rings. The van der Waals surface area contributed by atoms with E-state index < -0.39 is 0 Å². The van der Waals surface area contributed by atoms with Crippen LogP contribution in [0.25, 0.3) is 33.1 Å². The average Bonchev–Trinajstić information content (AvgIpc) is 2.83. The predicted octanol–water partition coefficient (Wildman–Crippen LogP) is 2.25. The summed E-state index contributed by atoms with van der Waals surface area (Å²) in [5.41, 5.74) is 2.29. The molecule has 0 aliphatic rings. The molecule has 0 aliphatic carbocycles. The molecule has 16 heavy (non-hydrogen) atoms. The van der Waals surface area contributed by atoms with E-state index in [-0.39, 0.29) is 0 Å². The summed E-state index contributed by atoms with van der Waals surface area (Å²) in [6.45, 7) is 0. The van der Waals surface area contributed by atoms with E-state index in [1.54, 1.807) is 18.6 Å². The molecule has 0 unspecified atom stereocenters. The molecule has 0 saturated carbocycles. The van der Waals surface area contributed by atoms with Gasteiger partial charge in [-0.1, -0.05) is 0 Å². The topological polar surface area (TPSA) is 67.6 Å². The molecule has 5 nitrogen and oxygen atoms in total. The summed E-state index contributed by atoms with van der Waals surface area (Å²) in [6, 6.07) is 1.95. The lowest BCUT2D eigenvalue weighted by molar-refractivity contribution is 0.641. The van der Waals surface area contributed by atoms with Crippen LogP contribution in [-0.2, 0) is 0 Å². The van der Waals surface area contributed by atoms with Crippen LogP contribution < -0.4 is 0 Å². The lowest BCUT2D eigenvalue weighted by atomic mass is 10.2. The van der Waals surface area contributed by atoms with E-state index in [2.05, 4.69) is 19.9 Å². The maximum Gasteiger partial charge on any atom is 0.232 e. The SMILES string of the molecule is c1cc2c(cn1)[nH]c1oc3ncncc3c12. The zero-order valence-corrected chi connectivity index (χ0v) is 8.14. The highest BCUT2D eigenvalue weighted by Crippen LogP contribution is 2.32. The zero-order chi connectivity index (χ0) is 10.5. The minimum Gasteiger partial charge on any atom is -0.421 e. The molecule has 76 valence electrons. The Morgan fingerprint density at radius 2 is 2.12 bits per heavy atom. The summed E-state index contributed by atoms with van der Waals surface area (Å²) in [5, 5.41) is 3.03. The summed E-state index contributed by atoms with van der Waals surface area (Å²) in [7, 11) is 0. The smallest absolute Gasteiger partial charge is 0.232 e. The molecular formula is C11H6N4O. The number of rotatable bonds is 0. The van der Waals surface area contributed by atoms with Gasteiger partial charge in [-0.2, -0.15) is 0 Å². The van der Waals surface area contributed by atoms with Crippen LogP contribution in [0.5, 0.6) is 0 Å². The lowest BCUT2D eigenvalue weighted by Crippen LogP contribution is -1.76. The van der Waals surface area contributed by atoms with E-state index in [4.69, 9.17) is 4.42 Å². The van der Waals surface area contributed by atoms with Gasteiger partial charge in [0.15, 0.2) is 0 Å². The first-order chi connectivity index (χ1) is 7.93. The molecule has 0 saturated heterocycles. The summed E-state index contributed by atoms with van der Waals surface area (Å²) < 4.78 is 5.60. The standard InChI is InChI=1S/C11H6N4O/c1-2-12-4-8-6(1)9-7-3-13-5-14-10(7)16-11(9)15-8/h1-5,15H. The predicted molar refractivity (Wildman–Crippen MR) is 59.0 cm³/mol. The van der Waals surface area contributed by atoms with Crippen molar-refractivity contribution in [2.75, 3.05) is 0 Å². The Labute approximate surface area is 89.1 Å². The Hall–Kier alpha value is -2.43. The number of furan rings is 1. The van der Waals surface area contributed by atoms with Crippen LogP contribution in [0.1, 0.15) is 0 Å². The molecule has 4 rings (SSSR count). The zero-order valence-electron chi connectivity index (χ0n) is 8.14. The van der Waals surface area contributed by atoms with Gasteiger partial charge in [0.2, 0.25) is 11.4 Å². The van der Waals surface area contributed by atoms with E-state index in [0.29, 0.717) is 5.71 Å². The third-order valence-corrected chi connectivity index (χ3v) is 2.71. The van der Waals surface area contributed by atoms with Crippen LogP contribution in [0, 0.1) is 0 Å². The van der Waals surface area contributed by atoms with Crippen LogP contribution in [0.15, 0.2) is 35.4 Å². The highest BCUT2D eigenvalue weighted by molar-refractivity contribution is 6.17. The quantitative estimate of drug-likeness (QED) is 0.483. The van der Waals surface area contributed by atoms with Gasteiger partial charge in [-0.15, -0.1) is 0 Å². The number of hydrogen-bond acceptors (Lipinski definition) is 4. The third-order valence-electron chi connectivity index (χ3n) is 2.71. The molecule has 0 bridgehead atoms. The van der Waals surface area contributed by atoms with Crippen LogP contribution in [-0.4, -0.2) is 19.9 Å². The molecule has 0 spiro atoms. The third kappa shape index (κ3) is 0.826. The van der Waals surface area contributed by atoms with Crippen molar-refractivity contribution in [1.29, 1.82) is 0 Å². The summed E-state index contributed by atoms with van der Waals surface area (Å²) >= 11 is 0. The van der Waals surface area contributed by atoms with Gasteiger partial charge in [0.1, 0.15) is 6.33 Å². The van der Waals surface area contributed by atoms with Crippen molar-refractivity contribution in [1.82, 2.24) is 19.9 Å². The minimum absolute atomic E-state index is 0.606. The second-order valence-corrected chi connectivity index (χ2v) is 3.59. The molecule has 0 aromatic carbocycles. The van der Waals surface area contributed by atoms with Crippen molar-refractivity contribution < 1.29 is 4.42 Å². The number of aromatic amines is 1. The Kier molecular flexibility index (Phi) is 1.26. The second kappa shape index (κ2) is 2.57. The number of hydrogen-bond donors (Lipinski definition) is 1. The Balaban J connectivity index is 2.38. The maximum atomic E-state index is 5.60. The van der Waals surface area contributed by atoms with Gasteiger partial charge in [-0.05, 0) is 6.07 Å². The van der Waals surface area contributed by atoms with Gasteiger partial charge in [-0.3, -0.25) is 4.98 Å². The molecule has 1 N–H and O–H groups in total. The van der Waals surface area contributed by atoms with Crippen molar-refractivity contribution in [2.24, 2.45) is 0 Å². The number of H-pyrrole nitrogens is 1. The summed E-state index contributed by atoms with van der Waals surface area (Å²) in [4.78, 5) is 15.3. The van der Waals surface area contributed by atoms with Crippen molar-refractivity contribution in [3.63, 3.8) is 0 Å².